The molecule has 2 aromatic heterocycles. The zero-order chi connectivity index (χ0) is 29.9. The summed E-state index contributed by atoms with van der Waals surface area (Å²) in [6.07, 6.45) is 13.1. The van der Waals surface area contributed by atoms with Gasteiger partial charge in [-0.15, -0.1) is 6.58 Å². The fraction of sp³-hybridized carbons (Fsp3) is 0.387. The van der Waals surface area contributed by atoms with Crippen molar-refractivity contribution in [1.82, 2.24) is 20.2 Å². The lowest BCUT2D eigenvalue weighted by Gasteiger charge is -2.34. The number of allylic oxidation sites excluding steroid dienone is 4. The van der Waals surface area contributed by atoms with E-state index in [1.54, 1.807) is 37.7 Å². The second kappa shape index (κ2) is 15.2. The second-order valence-electron chi connectivity index (χ2n) is 9.62. The maximum absolute atomic E-state index is 15.0. The van der Waals surface area contributed by atoms with E-state index in [1.807, 2.05) is 25.7 Å². The van der Waals surface area contributed by atoms with Crippen LogP contribution < -0.4 is 10.2 Å². The van der Waals surface area contributed by atoms with Gasteiger partial charge in [-0.05, 0) is 62.3 Å². The van der Waals surface area contributed by atoms with Gasteiger partial charge in [-0.3, -0.25) is 24.5 Å². The van der Waals surface area contributed by atoms with Crippen molar-refractivity contribution in [1.29, 1.82) is 0 Å². The number of carbonyl (C=O) groups excluding carboxylic acids is 2. The summed E-state index contributed by atoms with van der Waals surface area (Å²) in [5.41, 5.74) is 3.45. The van der Waals surface area contributed by atoms with Gasteiger partial charge >= 0.3 is 0 Å². The predicted octanol–water partition coefficient (Wildman–Crippen LogP) is 5.97. The summed E-state index contributed by atoms with van der Waals surface area (Å²) in [4.78, 5) is 41.5. The number of carbonyl (C=O) groups is 2. The van der Waals surface area contributed by atoms with Crippen molar-refractivity contribution in [2.24, 2.45) is 4.99 Å². The minimum atomic E-state index is -0.403. The Morgan fingerprint density at radius 2 is 1.90 bits per heavy atom. The number of hydrogen-bond acceptors (Lipinski definition) is 5. The van der Waals surface area contributed by atoms with Crippen LogP contribution in [0.25, 0.3) is 5.57 Å². The summed E-state index contributed by atoms with van der Waals surface area (Å²) >= 11 is 6.82. The van der Waals surface area contributed by atoms with Crippen LogP contribution in [-0.4, -0.2) is 59.7 Å². The molecular weight excluding hydrogens is 543 g/mol. The van der Waals surface area contributed by atoms with Gasteiger partial charge in [0.1, 0.15) is 11.7 Å². The zero-order valence-electron chi connectivity index (χ0n) is 24.2. The Balaban J connectivity index is 2.36. The van der Waals surface area contributed by atoms with Crippen molar-refractivity contribution in [3.63, 3.8) is 0 Å². The number of nitrogens with zero attached hydrogens (tertiary/aromatic N) is 5. The van der Waals surface area contributed by atoms with Gasteiger partial charge in [0.15, 0.2) is 5.82 Å². The Morgan fingerprint density at radius 3 is 2.46 bits per heavy atom. The molecule has 0 saturated heterocycles. The molecule has 1 aliphatic carbocycles. The predicted molar refractivity (Wildman–Crippen MR) is 164 cm³/mol. The van der Waals surface area contributed by atoms with Gasteiger partial charge in [0.2, 0.25) is 12.8 Å². The summed E-state index contributed by atoms with van der Waals surface area (Å²) in [5, 5.41) is 2.97. The number of aromatic nitrogens is 2. The topological polar surface area (TPSA) is 90.8 Å². The molecule has 0 fully saturated rings. The van der Waals surface area contributed by atoms with Crippen molar-refractivity contribution in [3.05, 3.63) is 76.5 Å². The van der Waals surface area contributed by atoms with Gasteiger partial charge in [0.25, 0.3) is 0 Å². The molecule has 10 heteroatoms. The quantitative estimate of drug-likeness (QED) is 0.129. The van der Waals surface area contributed by atoms with Crippen LogP contribution in [0.15, 0.2) is 54.1 Å². The smallest absolute Gasteiger partial charge is 0.219 e. The summed E-state index contributed by atoms with van der Waals surface area (Å²) < 4.78 is 15.0. The minimum Gasteiger partial charge on any atom is -0.357 e. The Kier molecular flexibility index (Phi) is 11.8. The number of pyridine rings is 2. The van der Waals surface area contributed by atoms with Crippen molar-refractivity contribution in [2.75, 3.05) is 25.0 Å². The van der Waals surface area contributed by atoms with Gasteiger partial charge in [-0.1, -0.05) is 37.6 Å². The second-order valence-corrected chi connectivity index (χ2v) is 10.0. The molecule has 2 heterocycles. The summed E-state index contributed by atoms with van der Waals surface area (Å²) in [6, 6.07) is 1.52. The van der Waals surface area contributed by atoms with E-state index in [2.05, 4.69) is 21.9 Å². The van der Waals surface area contributed by atoms with Gasteiger partial charge in [-0.2, -0.15) is 0 Å². The highest BCUT2D eigenvalue weighted by Crippen LogP contribution is 2.39. The van der Waals surface area contributed by atoms with Crippen LogP contribution in [0.5, 0.6) is 0 Å². The lowest BCUT2D eigenvalue weighted by Crippen LogP contribution is -2.45. The van der Waals surface area contributed by atoms with Gasteiger partial charge in [0.05, 0.1) is 22.0 Å². The molecule has 0 spiro atoms. The highest BCUT2D eigenvalue weighted by Gasteiger charge is 2.29. The maximum atomic E-state index is 15.0. The maximum Gasteiger partial charge on any atom is 0.219 e. The van der Waals surface area contributed by atoms with Crippen LogP contribution >= 0.6 is 11.6 Å². The number of aryl methyl sites for hydroxylation is 2. The van der Waals surface area contributed by atoms with E-state index in [0.29, 0.717) is 74.3 Å². The lowest BCUT2D eigenvalue weighted by molar-refractivity contribution is -0.109. The average molecular weight is 581 g/mol. The molecule has 3 rings (SSSR count). The average Bonchev–Trinajstić information content (AvgIpc) is 2.99. The number of aliphatic imine (C=N–C) groups is 1. The van der Waals surface area contributed by atoms with Crippen LogP contribution in [0.2, 0.25) is 5.02 Å². The van der Waals surface area contributed by atoms with Gasteiger partial charge in [0, 0.05) is 44.1 Å². The molecule has 1 unspecified atom stereocenters. The molecule has 1 atom stereocenters. The van der Waals surface area contributed by atoms with Crippen molar-refractivity contribution < 1.29 is 14.0 Å². The SMILES string of the molecule is C=CCCN(C(=NC)c1cc(Cl)c(C2=CCCC=C2F)nc1N(C=O)c1c(CC)cncc1CC)C(C)CNC=O. The molecule has 8 nitrogen and oxygen atoms in total. The first kappa shape index (κ1) is 31.7. The van der Waals surface area contributed by atoms with E-state index in [9.17, 15) is 9.59 Å². The van der Waals surface area contributed by atoms with E-state index in [0.717, 1.165) is 17.5 Å². The Hall–Kier alpha value is -3.85. The number of anilines is 2. The summed E-state index contributed by atoms with van der Waals surface area (Å²) in [7, 11) is 1.65. The fourth-order valence-corrected chi connectivity index (χ4v) is 5.20. The molecule has 1 N–H and O–H groups in total. The Bertz CT molecular complexity index is 1330. The van der Waals surface area contributed by atoms with E-state index in [4.69, 9.17) is 16.6 Å². The summed E-state index contributed by atoms with van der Waals surface area (Å²) in [5.74, 6) is 0.391. The standard InChI is InChI=1S/C31H38ClFN6O2/c1-6-9-14-38(21(4)16-36-19-40)30(34-5)25-15-26(32)28(24-12-10-11-13-27(24)33)37-31(25)39(20-41)29-22(7-2)17-35-18-23(29)8-3/h6,12-13,15,17-21H,1,7-11,14,16H2,2-5H3,(H,36,40). The zero-order valence-corrected chi connectivity index (χ0v) is 24.9. The molecule has 0 aliphatic heterocycles. The first-order valence-electron chi connectivity index (χ1n) is 13.9. The normalized spacial score (nSPS) is 14.0. The highest BCUT2D eigenvalue weighted by atomic mass is 35.5. The third kappa shape index (κ3) is 7.08. The van der Waals surface area contributed by atoms with E-state index in [-0.39, 0.29) is 22.6 Å². The van der Waals surface area contributed by atoms with E-state index in [1.165, 1.54) is 11.0 Å². The lowest BCUT2D eigenvalue weighted by atomic mass is 10.0. The minimum absolute atomic E-state index is 0.172. The van der Waals surface area contributed by atoms with Crippen molar-refractivity contribution in [3.8, 4) is 0 Å². The molecular formula is C31H38ClFN6O2. The van der Waals surface area contributed by atoms with E-state index >= 15 is 4.39 Å². The Labute approximate surface area is 246 Å². The fourth-order valence-electron chi connectivity index (χ4n) is 4.95. The molecule has 0 aromatic carbocycles. The number of amidine groups is 1. The number of halogens is 2. The molecule has 0 bridgehead atoms. The Morgan fingerprint density at radius 1 is 1.22 bits per heavy atom. The third-order valence-electron chi connectivity index (χ3n) is 7.04. The van der Waals surface area contributed by atoms with Crippen LogP contribution in [-0.2, 0) is 22.4 Å². The number of hydrogen-bond donors (Lipinski definition) is 1. The van der Waals surface area contributed by atoms with Crippen LogP contribution in [0.3, 0.4) is 0 Å². The largest absolute Gasteiger partial charge is 0.357 e. The molecule has 2 amide bonds. The number of amides is 2. The first-order valence-corrected chi connectivity index (χ1v) is 14.2. The molecule has 1 aliphatic rings. The van der Waals surface area contributed by atoms with Gasteiger partial charge < -0.3 is 10.2 Å². The van der Waals surface area contributed by atoms with E-state index < -0.39 is 5.83 Å². The van der Waals surface area contributed by atoms with Crippen LogP contribution in [0, 0.1) is 0 Å². The summed E-state index contributed by atoms with van der Waals surface area (Å²) in [6.45, 7) is 10.7. The number of rotatable bonds is 14. The van der Waals surface area contributed by atoms with Crippen molar-refractivity contribution in [2.45, 2.75) is 58.9 Å². The highest BCUT2D eigenvalue weighted by molar-refractivity contribution is 6.33. The monoisotopic (exact) mass is 580 g/mol. The molecule has 0 saturated carbocycles. The first-order chi connectivity index (χ1) is 19.9. The molecule has 0 radical (unpaired) electrons. The third-order valence-corrected chi connectivity index (χ3v) is 7.33. The molecule has 41 heavy (non-hydrogen) atoms. The van der Waals surface area contributed by atoms with Gasteiger partial charge in [-0.25, -0.2) is 9.37 Å². The van der Waals surface area contributed by atoms with Crippen LogP contribution in [0.1, 0.15) is 62.4 Å². The number of nitrogens with one attached hydrogen (secondary N) is 1. The van der Waals surface area contributed by atoms with Crippen molar-refractivity contribution >= 4 is 47.3 Å². The molecule has 2 aromatic rings. The molecule has 218 valence electrons. The van der Waals surface area contributed by atoms with Crippen LogP contribution in [0.4, 0.5) is 15.9 Å².